The van der Waals surface area contributed by atoms with Gasteiger partial charge in [-0.3, -0.25) is 4.79 Å². The predicted molar refractivity (Wildman–Crippen MR) is 84.0 cm³/mol. The maximum absolute atomic E-state index is 12.6. The standard InChI is InChI=1S/C18H21NO3/c1-12-7-8-15(22-12)11-19(2)18(21)16-9-13-5-3-4-6-14(13)10-17(16)20/h7-10,20H,3-6,11H2,1-2H3. The molecule has 1 aliphatic rings. The van der Waals surface area contributed by atoms with Gasteiger partial charge in [-0.1, -0.05) is 0 Å². The van der Waals surface area contributed by atoms with E-state index < -0.39 is 0 Å². The second-order valence-corrected chi connectivity index (χ2v) is 6.02. The molecule has 3 rings (SSSR count). The number of amides is 1. The van der Waals surface area contributed by atoms with Gasteiger partial charge in [-0.2, -0.15) is 0 Å². The summed E-state index contributed by atoms with van der Waals surface area (Å²) < 4.78 is 5.50. The molecule has 1 aromatic carbocycles. The van der Waals surface area contributed by atoms with Crippen molar-refractivity contribution in [1.82, 2.24) is 4.90 Å². The van der Waals surface area contributed by atoms with Gasteiger partial charge in [0, 0.05) is 7.05 Å². The second-order valence-electron chi connectivity index (χ2n) is 6.02. The zero-order valence-electron chi connectivity index (χ0n) is 13.1. The molecule has 2 aromatic rings. The third-order valence-corrected chi connectivity index (χ3v) is 4.23. The lowest BCUT2D eigenvalue weighted by atomic mass is 9.89. The van der Waals surface area contributed by atoms with Gasteiger partial charge in [0.1, 0.15) is 17.3 Å². The number of benzene rings is 1. The summed E-state index contributed by atoms with van der Waals surface area (Å²) in [6, 6.07) is 7.36. The van der Waals surface area contributed by atoms with E-state index in [4.69, 9.17) is 4.42 Å². The summed E-state index contributed by atoms with van der Waals surface area (Å²) in [4.78, 5) is 14.2. The number of phenolic OH excluding ortho intramolecular Hbond substituents is 1. The lowest BCUT2D eigenvalue weighted by Gasteiger charge is -2.20. The van der Waals surface area contributed by atoms with Crippen LogP contribution in [0.4, 0.5) is 0 Å². The van der Waals surface area contributed by atoms with E-state index in [1.807, 2.05) is 25.1 Å². The topological polar surface area (TPSA) is 53.7 Å². The average Bonchev–Trinajstić information content (AvgIpc) is 2.91. The summed E-state index contributed by atoms with van der Waals surface area (Å²) in [6.07, 6.45) is 4.26. The van der Waals surface area contributed by atoms with Crippen molar-refractivity contribution >= 4 is 5.91 Å². The molecule has 116 valence electrons. The zero-order valence-corrected chi connectivity index (χ0v) is 13.1. The molecule has 0 unspecified atom stereocenters. The Hall–Kier alpha value is -2.23. The Kier molecular flexibility index (Phi) is 3.92. The van der Waals surface area contributed by atoms with Crippen LogP contribution >= 0.6 is 0 Å². The monoisotopic (exact) mass is 299 g/mol. The lowest BCUT2D eigenvalue weighted by Crippen LogP contribution is -2.26. The van der Waals surface area contributed by atoms with Crippen LogP contribution in [0.25, 0.3) is 0 Å². The van der Waals surface area contributed by atoms with Gasteiger partial charge in [0.25, 0.3) is 5.91 Å². The van der Waals surface area contributed by atoms with Crippen molar-refractivity contribution in [2.75, 3.05) is 7.05 Å². The Morgan fingerprint density at radius 2 is 1.91 bits per heavy atom. The number of carbonyl (C=O) groups excluding carboxylic acids is 1. The van der Waals surface area contributed by atoms with E-state index in [0.717, 1.165) is 37.2 Å². The molecule has 4 nitrogen and oxygen atoms in total. The van der Waals surface area contributed by atoms with Crippen molar-refractivity contribution in [3.8, 4) is 5.75 Å². The summed E-state index contributed by atoms with van der Waals surface area (Å²) in [7, 11) is 1.72. The molecule has 1 amide bonds. The van der Waals surface area contributed by atoms with Crippen LogP contribution in [0.3, 0.4) is 0 Å². The minimum Gasteiger partial charge on any atom is -0.507 e. The molecule has 0 fully saturated rings. The number of carbonyl (C=O) groups is 1. The van der Waals surface area contributed by atoms with Gasteiger partial charge in [0.15, 0.2) is 0 Å². The molecule has 1 heterocycles. The van der Waals surface area contributed by atoms with Crippen molar-refractivity contribution in [1.29, 1.82) is 0 Å². The largest absolute Gasteiger partial charge is 0.507 e. The quantitative estimate of drug-likeness (QED) is 0.944. The Labute approximate surface area is 130 Å². The molecule has 1 aromatic heterocycles. The smallest absolute Gasteiger partial charge is 0.257 e. The van der Waals surface area contributed by atoms with Crippen molar-refractivity contribution in [3.63, 3.8) is 0 Å². The summed E-state index contributed by atoms with van der Waals surface area (Å²) in [5.74, 6) is 1.46. The predicted octanol–water partition coefficient (Wildman–Crippen LogP) is 3.44. The van der Waals surface area contributed by atoms with E-state index in [1.54, 1.807) is 18.0 Å². The van der Waals surface area contributed by atoms with Crippen LogP contribution in [0.5, 0.6) is 5.75 Å². The summed E-state index contributed by atoms with van der Waals surface area (Å²) in [5, 5.41) is 10.2. The second kappa shape index (κ2) is 5.87. The first-order valence-electron chi connectivity index (χ1n) is 7.70. The average molecular weight is 299 g/mol. The molecule has 0 saturated carbocycles. The van der Waals surface area contributed by atoms with E-state index in [-0.39, 0.29) is 11.7 Å². The van der Waals surface area contributed by atoms with Gasteiger partial charge >= 0.3 is 0 Å². The first kappa shape index (κ1) is 14.7. The third kappa shape index (κ3) is 2.86. The molecule has 4 heteroatoms. The minimum absolute atomic E-state index is 0.0770. The molecule has 0 spiro atoms. The molecule has 0 atom stereocenters. The zero-order chi connectivity index (χ0) is 15.7. The first-order chi connectivity index (χ1) is 10.5. The highest BCUT2D eigenvalue weighted by atomic mass is 16.3. The number of aromatic hydroxyl groups is 1. The molecule has 1 N–H and O–H groups in total. The normalized spacial score (nSPS) is 13.7. The van der Waals surface area contributed by atoms with Gasteiger partial charge in [0.05, 0.1) is 12.1 Å². The van der Waals surface area contributed by atoms with Gasteiger partial charge in [-0.15, -0.1) is 0 Å². The van der Waals surface area contributed by atoms with Crippen LogP contribution < -0.4 is 0 Å². The Morgan fingerprint density at radius 1 is 1.23 bits per heavy atom. The van der Waals surface area contributed by atoms with E-state index in [2.05, 4.69) is 0 Å². The van der Waals surface area contributed by atoms with Crippen LogP contribution in [0.15, 0.2) is 28.7 Å². The van der Waals surface area contributed by atoms with Crippen LogP contribution in [0.2, 0.25) is 0 Å². The molecule has 0 saturated heterocycles. The highest BCUT2D eigenvalue weighted by molar-refractivity contribution is 5.97. The number of fused-ring (bicyclic) bond motifs is 1. The van der Waals surface area contributed by atoms with Crippen molar-refractivity contribution in [2.45, 2.75) is 39.2 Å². The van der Waals surface area contributed by atoms with Gasteiger partial charge in [-0.05, 0) is 68.0 Å². The van der Waals surface area contributed by atoms with Gasteiger partial charge in [-0.25, -0.2) is 0 Å². The van der Waals surface area contributed by atoms with Gasteiger partial charge in [0.2, 0.25) is 0 Å². The maximum Gasteiger partial charge on any atom is 0.257 e. The minimum atomic E-state index is -0.181. The van der Waals surface area contributed by atoms with Crippen molar-refractivity contribution in [2.24, 2.45) is 0 Å². The molecule has 0 bridgehead atoms. The summed E-state index contributed by atoms with van der Waals surface area (Å²) >= 11 is 0. The first-order valence-corrected chi connectivity index (χ1v) is 7.70. The fourth-order valence-electron chi connectivity index (χ4n) is 3.03. The number of phenols is 1. The van der Waals surface area contributed by atoms with E-state index in [1.165, 1.54) is 11.1 Å². The number of nitrogens with zero attached hydrogens (tertiary/aromatic N) is 1. The number of rotatable bonds is 3. The van der Waals surface area contributed by atoms with E-state index in [9.17, 15) is 9.90 Å². The Bertz CT molecular complexity index is 702. The summed E-state index contributed by atoms with van der Waals surface area (Å²) in [5.41, 5.74) is 2.74. The van der Waals surface area contributed by atoms with Crippen molar-refractivity contribution < 1.29 is 14.3 Å². The molecular weight excluding hydrogens is 278 g/mol. The van der Waals surface area contributed by atoms with Gasteiger partial charge < -0.3 is 14.4 Å². The molecule has 0 radical (unpaired) electrons. The number of hydrogen-bond donors (Lipinski definition) is 1. The van der Waals surface area contributed by atoms with E-state index >= 15 is 0 Å². The lowest BCUT2D eigenvalue weighted by molar-refractivity contribution is 0.0772. The van der Waals surface area contributed by atoms with E-state index in [0.29, 0.717) is 12.1 Å². The van der Waals surface area contributed by atoms with Crippen LogP contribution in [0, 0.1) is 6.92 Å². The number of hydrogen-bond acceptors (Lipinski definition) is 3. The van der Waals surface area contributed by atoms with Crippen LogP contribution in [-0.2, 0) is 19.4 Å². The maximum atomic E-state index is 12.6. The number of furan rings is 1. The SMILES string of the molecule is Cc1ccc(CN(C)C(=O)c2cc3c(cc2O)CCCC3)o1. The molecule has 1 aliphatic carbocycles. The highest BCUT2D eigenvalue weighted by Crippen LogP contribution is 2.29. The Morgan fingerprint density at radius 3 is 2.55 bits per heavy atom. The Balaban J connectivity index is 1.82. The number of aryl methyl sites for hydroxylation is 3. The fourth-order valence-corrected chi connectivity index (χ4v) is 3.03. The highest BCUT2D eigenvalue weighted by Gasteiger charge is 2.20. The fraction of sp³-hybridized carbons (Fsp3) is 0.389. The molecule has 0 aliphatic heterocycles. The molecule has 22 heavy (non-hydrogen) atoms. The third-order valence-electron chi connectivity index (χ3n) is 4.23. The van der Waals surface area contributed by atoms with Crippen molar-refractivity contribution in [3.05, 3.63) is 52.5 Å². The van der Waals surface area contributed by atoms with Crippen LogP contribution in [0.1, 0.15) is 45.8 Å². The summed E-state index contributed by atoms with van der Waals surface area (Å²) in [6.45, 7) is 2.27. The van der Waals surface area contributed by atoms with Crippen LogP contribution in [-0.4, -0.2) is 23.0 Å². The molecular formula is C18H21NO3.